The first-order valence-electron chi connectivity index (χ1n) is 11.5. The predicted molar refractivity (Wildman–Crippen MR) is 131 cm³/mol. The Hall–Kier alpha value is -3.04. The lowest BCUT2D eigenvalue weighted by atomic mass is 10.1. The van der Waals surface area contributed by atoms with E-state index >= 15 is 0 Å². The van der Waals surface area contributed by atoms with Crippen LogP contribution < -0.4 is 4.90 Å². The number of piperazine rings is 1. The predicted octanol–water partition coefficient (Wildman–Crippen LogP) is 3.74. The number of benzene rings is 1. The molecule has 1 amide bonds. The lowest BCUT2D eigenvalue weighted by Crippen LogP contribution is -2.43. The zero-order chi connectivity index (χ0) is 24.1. The maximum atomic E-state index is 12.6. The van der Waals surface area contributed by atoms with Gasteiger partial charge in [0.25, 0.3) is 0 Å². The molecule has 9 heteroatoms. The Balaban J connectivity index is 1.28. The summed E-state index contributed by atoms with van der Waals surface area (Å²) >= 11 is 1.73. The van der Waals surface area contributed by atoms with Crippen LogP contribution in [0.1, 0.15) is 42.5 Å². The molecule has 0 bridgehead atoms. The molecule has 1 aromatic carbocycles. The maximum Gasteiger partial charge on any atom is 0.335 e. The summed E-state index contributed by atoms with van der Waals surface area (Å²) in [6.07, 6.45) is 8.65. The third-order valence-corrected chi connectivity index (χ3v) is 7.42. The average Bonchev–Trinajstić information content (AvgIpc) is 3.13. The Labute approximate surface area is 203 Å². The van der Waals surface area contributed by atoms with Crippen molar-refractivity contribution in [1.82, 2.24) is 9.21 Å². The van der Waals surface area contributed by atoms with Crippen molar-refractivity contribution in [3.8, 4) is 0 Å². The normalized spacial score (nSPS) is 18.5. The second-order valence-corrected chi connectivity index (χ2v) is 9.71. The van der Waals surface area contributed by atoms with E-state index in [1.54, 1.807) is 24.1 Å². The highest BCUT2D eigenvalue weighted by atomic mass is 32.2. The number of aromatic carboxylic acids is 1. The van der Waals surface area contributed by atoms with Crippen LogP contribution in [0.15, 0.2) is 58.7 Å². The Bertz CT molecular complexity index is 1040. The molecule has 3 aliphatic rings. The second kappa shape index (κ2) is 10.9. The van der Waals surface area contributed by atoms with Gasteiger partial charge in [-0.3, -0.25) is 9.59 Å². The number of anilines is 1. The molecule has 1 fully saturated rings. The molecule has 180 valence electrons. The molecule has 0 saturated carbocycles. The summed E-state index contributed by atoms with van der Waals surface area (Å²) in [6.45, 7) is 4.18. The summed E-state index contributed by atoms with van der Waals surface area (Å²) in [5.41, 5.74) is 3.57. The fourth-order valence-corrected chi connectivity index (χ4v) is 5.34. The molecule has 4 rings (SSSR count). The molecule has 0 spiro atoms. The minimum Gasteiger partial charge on any atom is -0.481 e. The first kappa shape index (κ1) is 24.1. The minimum atomic E-state index is -0.913. The van der Waals surface area contributed by atoms with Crippen LogP contribution >= 0.6 is 11.9 Å². The number of rotatable bonds is 8. The van der Waals surface area contributed by atoms with Crippen molar-refractivity contribution >= 4 is 35.5 Å². The first-order valence-corrected chi connectivity index (χ1v) is 12.3. The maximum absolute atomic E-state index is 12.6. The van der Waals surface area contributed by atoms with Crippen LogP contribution in [0.4, 0.5) is 5.69 Å². The lowest BCUT2D eigenvalue weighted by molar-refractivity contribution is -0.137. The summed E-state index contributed by atoms with van der Waals surface area (Å²) in [5.74, 6) is -1.78. The fraction of sp³-hybridized carbons (Fsp3) is 0.400. The molecule has 0 radical (unpaired) electrons. The zero-order valence-corrected chi connectivity index (χ0v) is 19.8. The van der Waals surface area contributed by atoms with Crippen LogP contribution in [0.5, 0.6) is 0 Å². The number of allylic oxidation sites excluding steroid dienone is 3. The Morgan fingerprint density at radius 1 is 0.912 bits per heavy atom. The third kappa shape index (κ3) is 5.90. The van der Waals surface area contributed by atoms with E-state index < -0.39 is 11.9 Å². The van der Waals surface area contributed by atoms with Crippen molar-refractivity contribution in [2.75, 3.05) is 37.6 Å². The number of carbonyl (C=O) groups excluding carboxylic acids is 1. The van der Waals surface area contributed by atoms with Gasteiger partial charge in [0.2, 0.25) is 5.91 Å². The monoisotopic (exact) mass is 483 g/mol. The Kier molecular flexibility index (Phi) is 7.74. The molecule has 1 saturated heterocycles. The number of carbonyl (C=O) groups is 3. The van der Waals surface area contributed by atoms with Crippen molar-refractivity contribution in [1.29, 1.82) is 0 Å². The van der Waals surface area contributed by atoms with Gasteiger partial charge < -0.3 is 20.0 Å². The number of hydrogen-bond acceptors (Lipinski definition) is 6. The third-order valence-electron chi connectivity index (χ3n) is 6.28. The summed E-state index contributed by atoms with van der Waals surface area (Å²) in [6, 6.07) is 7.02. The van der Waals surface area contributed by atoms with Gasteiger partial charge in [-0.2, -0.15) is 0 Å². The van der Waals surface area contributed by atoms with Gasteiger partial charge in [0.05, 0.1) is 5.56 Å². The van der Waals surface area contributed by atoms with Gasteiger partial charge in [-0.05, 0) is 73.2 Å². The molecule has 2 heterocycles. The molecule has 1 aromatic rings. The molecule has 1 aliphatic carbocycles. The highest BCUT2D eigenvalue weighted by Gasteiger charge is 2.27. The van der Waals surface area contributed by atoms with Gasteiger partial charge >= 0.3 is 11.9 Å². The Morgan fingerprint density at radius 3 is 2.32 bits per heavy atom. The van der Waals surface area contributed by atoms with Gasteiger partial charge in [-0.15, -0.1) is 0 Å². The van der Waals surface area contributed by atoms with Gasteiger partial charge in [-0.25, -0.2) is 9.10 Å². The van der Waals surface area contributed by atoms with Gasteiger partial charge in [0.15, 0.2) is 0 Å². The molecule has 2 N–H and O–H groups in total. The number of amides is 1. The molecule has 0 aromatic heterocycles. The number of hydrogen-bond donors (Lipinski definition) is 2. The van der Waals surface area contributed by atoms with Crippen LogP contribution in [0, 0.1) is 0 Å². The van der Waals surface area contributed by atoms with Crippen LogP contribution in [-0.4, -0.2) is 70.0 Å². The van der Waals surface area contributed by atoms with E-state index in [0.29, 0.717) is 18.5 Å². The summed E-state index contributed by atoms with van der Waals surface area (Å²) in [5, 5.41) is 17.9. The van der Waals surface area contributed by atoms with Gasteiger partial charge in [-0.1, -0.05) is 6.08 Å². The van der Waals surface area contributed by atoms with Crippen molar-refractivity contribution in [2.24, 2.45) is 0 Å². The zero-order valence-electron chi connectivity index (χ0n) is 19.0. The van der Waals surface area contributed by atoms with E-state index in [1.165, 1.54) is 5.57 Å². The largest absolute Gasteiger partial charge is 0.481 e. The summed E-state index contributed by atoms with van der Waals surface area (Å²) < 4.78 is 2.34. The van der Waals surface area contributed by atoms with Crippen molar-refractivity contribution in [3.05, 3.63) is 64.2 Å². The highest BCUT2D eigenvalue weighted by Crippen LogP contribution is 2.34. The Morgan fingerprint density at radius 2 is 1.65 bits per heavy atom. The van der Waals surface area contributed by atoms with Gasteiger partial charge in [0, 0.05) is 61.9 Å². The lowest BCUT2D eigenvalue weighted by Gasteiger charge is -2.35. The van der Waals surface area contributed by atoms with Crippen LogP contribution in [0.2, 0.25) is 0 Å². The van der Waals surface area contributed by atoms with E-state index in [4.69, 9.17) is 10.2 Å². The standard InChI is InChI=1S/C25H29N3O5S/c29-23(2-1-3-24(30)31)28-13-12-18-6-9-21(10-11-22(18)28)34-27-16-14-26(15-17-27)20-7-4-19(5-8-20)25(32)33/h4-5,7-11H,1-3,6,12-17H2,(H,30,31)(H,32,33). The number of aliphatic carboxylic acids is 1. The molecule has 8 nitrogen and oxygen atoms in total. The minimum absolute atomic E-state index is 0.000452. The van der Waals surface area contributed by atoms with E-state index in [1.807, 2.05) is 23.1 Å². The van der Waals surface area contributed by atoms with Crippen LogP contribution in [-0.2, 0) is 9.59 Å². The first-order chi connectivity index (χ1) is 16.4. The summed E-state index contributed by atoms with van der Waals surface area (Å²) in [7, 11) is 0. The molecule has 2 aliphatic heterocycles. The molecular formula is C25H29N3O5S. The highest BCUT2D eigenvalue weighted by molar-refractivity contribution is 8.01. The fourth-order valence-electron chi connectivity index (χ4n) is 4.41. The average molecular weight is 484 g/mol. The van der Waals surface area contributed by atoms with E-state index in [-0.39, 0.29) is 18.7 Å². The van der Waals surface area contributed by atoms with Crippen molar-refractivity contribution in [2.45, 2.75) is 32.1 Å². The second-order valence-electron chi connectivity index (χ2n) is 8.53. The number of carboxylic acid groups (broad SMARTS) is 2. The van der Waals surface area contributed by atoms with Gasteiger partial charge in [0.1, 0.15) is 0 Å². The number of carboxylic acids is 2. The quantitative estimate of drug-likeness (QED) is 0.540. The van der Waals surface area contributed by atoms with E-state index in [0.717, 1.165) is 55.3 Å². The topological polar surface area (TPSA) is 101 Å². The van der Waals surface area contributed by atoms with Crippen LogP contribution in [0.3, 0.4) is 0 Å². The molecular weight excluding hydrogens is 454 g/mol. The van der Waals surface area contributed by atoms with E-state index in [2.05, 4.69) is 21.4 Å². The van der Waals surface area contributed by atoms with Crippen molar-refractivity contribution in [3.63, 3.8) is 0 Å². The SMILES string of the molecule is O=C(O)CCCC(=O)N1CCC2=C1C=CC(SN1CCN(c3ccc(C(=O)O)cc3)CC1)=CC2. The molecule has 0 unspecified atom stereocenters. The van der Waals surface area contributed by atoms with E-state index in [9.17, 15) is 14.4 Å². The van der Waals surface area contributed by atoms with Crippen molar-refractivity contribution < 1.29 is 24.6 Å². The number of nitrogens with zero attached hydrogens (tertiary/aromatic N) is 3. The van der Waals surface area contributed by atoms with Crippen LogP contribution in [0.25, 0.3) is 0 Å². The smallest absolute Gasteiger partial charge is 0.335 e. The summed E-state index contributed by atoms with van der Waals surface area (Å²) in [4.78, 5) is 39.6. The molecule has 0 atom stereocenters. The molecule has 34 heavy (non-hydrogen) atoms.